The van der Waals surface area contributed by atoms with Crippen LogP contribution in [-0.4, -0.2) is 18.5 Å². The Labute approximate surface area is 87.5 Å². The molecule has 1 atom stereocenters. The van der Waals surface area contributed by atoms with E-state index in [2.05, 4.69) is 5.32 Å². The van der Waals surface area contributed by atoms with Gasteiger partial charge in [0.25, 0.3) is 0 Å². The zero-order valence-electron chi connectivity index (χ0n) is 7.66. The van der Waals surface area contributed by atoms with Gasteiger partial charge in [-0.2, -0.15) is 0 Å². The van der Waals surface area contributed by atoms with Gasteiger partial charge in [-0.3, -0.25) is 0 Å². The highest BCUT2D eigenvalue weighted by Crippen LogP contribution is 2.34. The zero-order chi connectivity index (χ0) is 9.52. The number of hydrogen-bond donors (Lipinski definition) is 3. The van der Waals surface area contributed by atoms with Crippen molar-refractivity contribution in [3.63, 3.8) is 0 Å². The van der Waals surface area contributed by atoms with Crippen LogP contribution in [0.3, 0.4) is 0 Å². The molecule has 0 aromatic rings. The van der Waals surface area contributed by atoms with E-state index >= 15 is 0 Å². The normalized spacial score (nSPS) is 27.5. The van der Waals surface area contributed by atoms with Crippen LogP contribution in [0.25, 0.3) is 0 Å². The van der Waals surface area contributed by atoms with E-state index in [0.717, 1.165) is 5.70 Å². The van der Waals surface area contributed by atoms with Gasteiger partial charge in [-0.15, -0.1) is 0 Å². The van der Waals surface area contributed by atoms with Gasteiger partial charge in [0, 0.05) is 11.1 Å². The maximum Gasteiger partial charge on any atom is 0.102 e. The predicted octanol–water partition coefficient (Wildman–Crippen LogP) is 1.23. The third-order valence-corrected chi connectivity index (χ3v) is 4.08. The van der Waals surface area contributed by atoms with Crippen molar-refractivity contribution in [2.24, 2.45) is 11.5 Å². The van der Waals surface area contributed by atoms with Crippen LogP contribution in [0.4, 0.5) is 0 Å². The molecule has 76 valence electrons. The van der Waals surface area contributed by atoms with Crippen molar-refractivity contribution in [2.75, 3.05) is 13.1 Å². The fraction of sp³-hybridized carbons (Fsp3) is 0.750. The highest BCUT2D eigenvalue weighted by Gasteiger charge is 2.11. The van der Waals surface area contributed by atoms with Crippen molar-refractivity contribution in [3.05, 3.63) is 11.1 Å². The molecule has 2 rings (SSSR count). The van der Waals surface area contributed by atoms with Gasteiger partial charge >= 0.3 is 0 Å². The monoisotopic (exact) mass is 219 g/mol. The number of nitrogens with two attached hydrogens (primary N) is 2. The number of hydrogen-bond acceptors (Lipinski definition) is 5. The van der Waals surface area contributed by atoms with E-state index in [-0.39, 0.29) is 5.37 Å². The molecular formula is C8H17N3S2. The molecule has 0 amide bonds. The molecule has 5 heteroatoms. The molecule has 0 radical (unpaired) electrons. The lowest BCUT2D eigenvalue weighted by Crippen LogP contribution is -2.21. The minimum absolute atomic E-state index is 0.0324. The summed E-state index contributed by atoms with van der Waals surface area (Å²) in [6, 6.07) is 0. The van der Waals surface area contributed by atoms with Gasteiger partial charge in [0.15, 0.2) is 0 Å². The Bertz CT molecular complexity index is 157. The van der Waals surface area contributed by atoms with E-state index in [1.54, 1.807) is 21.6 Å². The van der Waals surface area contributed by atoms with Crippen LogP contribution in [0.1, 0.15) is 19.3 Å². The van der Waals surface area contributed by atoms with Crippen molar-refractivity contribution in [1.82, 2.24) is 5.32 Å². The Hall–Kier alpha value is 0.160. The molecule has 1 saturated heterocycles. The van der Waals surface area contributed by atoms with Crippen molar-refractivity contribution in [1.29, 1.82) is 0 Å². The molecule has 0 aliphatic carbocycles. The molecule has 2 aliphatic rings. The highest BCUT2D eigenvalue weighted by atomic mass is 33.1. The molecule has 1 fully saturated rings. The van der Waals surface area contributed by atoms with E-state index in [1.807, 2.05) is 5.41 Å². The van der Waals surface area contributed by atoms with Crippen molar-refractivity contribution in [3.8, 4) is 0 Å². The van der Waals surface area contributed by atoms with Crippen LogP contribution in [-0.2, 0) is 0 Å². The summed E-state index contributed by atoms with van der Waals surface area (Å²) in [5.41, 5.74) is 11.6. The van der Waals surface area contributed by atoms with Crippen LogP contribution in [0.5, 0.6) is 0 Å². The third kappa shape index (κ3) is 4.81. The summed E-state index contributed by atoms with van der Waals surface area (Å²) in [6.45, 7) is 2.50. The van der Waals surface area contributed by atoms with E-state index in [9.17, 15) is 0 Å². The molecule has 0 spiro atoms. The average molecular weight is 219 g/mol. The Balaban J connectivity index is 0.000000132. The van der Waals surface area contributed by atoms with E-state index in [4.69, 9.17) is 11.5 Å². The lowest BCUT2D eigenvalue weighted by atomic mass is 10.2. The summed E-state index contributed by atoms with van der Waals surface area (Å²) < 4.78 is 0. The summed E-state index contributed by atoms with van der Waals surface area (Å²) in [4.78, 5) is 0. The number of nitrogens with one attached hydrogen (secondary N) is 1. The summed E-state index contributed by atoms with van der Waals surface area (Å²) in [6.07, 6.45) is 4.22. The Morgan fingerprint density at radius 1 is 1.31 bits per heavy atom. The molecule has 3 nitrogen and oxygen atoms in total. The van der Waals surface area contributed by atoms with Gasteiger partial charge in [0.2, 0.25) is 0 Å². The molecule has 1 unspecified atom stereocenters. The first-order chi connectivity index (χ1) is 6.30. The second kappa shape index (κ2) is 6.59. The lowest BCUT2D eigenvalue weighted by molar-refractivity contribution is 0.520. The highest BCUT2D eigenvalue weighted by molar-refractivity contribution is 8.78. The first-order valence-corrected chi connectivity index (χ1v) is 6.82. The van der Waals surface area contributed by atoms with Crippen LogP contribution in [0.15, 0.2) is 11.1 Å². The van der Waals surface area contributed by atoms with Crippen molar-refractivity contribution in [2.45, 2.75) is 24.6 Å². The number of piperidine rings is 1. The van der Waals surface area contributed by atoms with Crippen LogP contribution >= 0.6 is 21.6 Å². The SMILES string of the molecule is C1CCNCC1.NC1=CSSC1N. The number of rotatable bonds is 0. The molecule has 0 saturated carbocycles. The molecule has 0 bridgehead atoms. The fourth-order valence-corrected chi connectivity index (χ4v) is 2.96. The molecular weight excluding hydrogens is 202 g/mol. The average Bonchev–Trinajstić information content (AvgIpc) is 2.55. The second-order valence-electron chi connectivity index (χ2n) is 3.04. The minimum atomic E-state index is 0.0324. The standard InChI is InChI=1S/C5H11N.C3H6N2S2/c1-2-4-6-5-3-1;4-2-1-6-7-3(2)5/h6H,1-5H2;1,3H,4-5H2. The maximum absolute atomic E-state index is 5.43. The molecule has 2 aliphatic heterocycles. The van der Waals surface area contributed by atoms with Gasteiger partial charge < -0.3 is 16.8 Å². The molecule has 5 N–H and O–H groups in total. The van der Waals surface area contributed by atoms with Crippen LogP contribution in [0.2, 0.25) is 0 Å². The minimum Gasteiger partial charge on any atom is -0.400 e. The topological polar surface area (TPSA) is 64.1 Å². The Kier molecular flexibility index (Phi) is 5.70. The van der Waals surface area contributed by atoms with Gasteiger partial charge in [0.05, 0.1) is 0 Å². The molecule has 0 aromatic carbocycles. The van der Waals surface area contributed by atoms with E-state index < -0.39 is 0 Å². The lowest BCUT2D eigenvalue weighted by Gasteiger charge is -2.08. The summed E-state index contributed by atoms with van der Waals surface area (Å²) >= 11 is 0. The molecule has 2 heterocycles. The summed E-state index contributed by atoms with van der Waals surface area (Å²) in [7, 11) is 3.18. The van der Waals surface area contributed by atoms with E-state index in [1.165, 1.54) is 32.4 Å². The predicted molar refractivity (Wildman–Crippen MR) is 62.1 cm³/mol. The van der Waals surface area contributed by atoms with Crippen LogP contribution in [0, 0.1) is 0 Å². The Morgan fingerprint density at radius 3 is 2.15 bits per heavy atom. The zero-order valence-corrected chi connectivity index (χ0v) is 9.29. The van der Waals surface area contributed by atoms with Gasteiger partial charge in [-0.1, -0.05) is 28.0 Å². The van der Waals surface area contributed by atoms with Gasteiger partial charge in [-0.05, 0) is 25.9 Å². The van der Waals surface area contributed by atoms with E-state index in [0.29, 0.717) is 0 Å². The third-order valence-electron chi connectivity index (χ3n) is 1.88. The summed E-state index contributed by atoms with van der Waals surface area (Å²) in [5.74, 6) is 0. The quantitative estimate of drug-likeness (QED) is 0.535. The molecule has 13 heavy (non-hydrogen) atoms. The largest absolute Gasteiger partial charge is 0.400 e. The van der Waals surface area contributed by atoms with Crippen molar-refractivity contribution >= 4 is 21.6 Å². The summed E-state index contributed by atoms with van der Waals surface area (Å²) in [5, 5.41) is 5.19. The maximum atomic E-state index is 5.43. The van der Waals surface area contributed by atoms with Crippen LogP contribution < -0.4 is 16.8 Å². The second-order valence-corrected chi connectivity index (χ2v) is 5.32. The van der Waals surface area contributed by atoms with Gasteiger partial charge in [-0.25, -0.2) is 0 Å². The molecule has 0 aromatic heterocycles. The Morgan fingerprint density at radius 2 is 2.00 bits per heavy atom. The van der Waals surface area contributed by atoms with Gasteiger partial charge in [0.1, 0.15) is 5.37 Å². The first kappa shape index (κ1) is 11.2. The van der Waals surface area contributed by atoms with Crippen molar-refractivity contribution < 1.29 is 0 Å². The smallest absolute Gasteiger partial charge is 0.102 e. The first-order valence-electron chi connectivity index (χ1n) is 4.54. The fourth-order valence-electron chi connectivity index (χ4n) is 1.07.